The van der Waals surface area contributed by atoms with E-state index < -0.39 is 0 Å². The Labute approximate surface area is 100 Å². The molecule has 0 saturated carbocycles. The highest BCUT2D eigenvalue weighted by atomic mass is 15.1. The Morgan fingerprint density at radius 3 is 2.31 bits per heavy atom. The van der Waals surface area contributed by atoms with Crippen LogP contribution in [-0.4, -0.2) is 13.1 Å². The van der Waals surface area contributed by atoms with Crippen LogP contribution in [0.3, 0.4) is 0 Å². The summed E-state index contributed by atoms with van der Waals surface area (Å²) < 4.78 is 0. The molecule has 0 N–H and O–H groups in total. The highest BCUT2D eigenvalue weighted by molar-refractivity contribution is 5.55. The summed E-state index contributed by atoms with van der Waals surface area (Å²) in [6, 6.07) is 6.86. The lowest BCUT2D eigenvalue weighted by Crippen LogP contribution is -2.23. The Kier molecular flexibility index (Phi) is 5.37. The van der Waals surface area contributed by atoms with E-state index in [4.69, 9.17) is 0 Å². The van der Waals surface area contributed by atoms with Crippen LogP contribution >= 0.6 is 0 Å². The quantitative estimate of drug-likeness (QED) is 0.693. The summed E-state index contributed by atoms with van der Waals surface area (Å²) in [7, 11) is 0. The van der Waals surface area contributed by atoms with Crippen LogP contribution in [0.4, 0.5) is 5.69 Å². The van der Waals surface area contributed by atoms with Gasteiger partial charge in [0.15, 0.2) is 0 Å². The van der Waals surface area contributed by atoms with Crippen LogP contribution in [-0.2, 0) is 6.42 Å². The van der Waals surface area contributed by atoms with Gasteiger partial charge >= 0.3 is 0 Å². The second-order valence-electron chi connectivity index (χ2n) is 4.41. The predicted octanol–water partition coefficient (Wildman–Crippen LogP) is 4.18. The largest absolute Gasteiger partial charge is 0.372 e. The van der Waals surface area contributed by atoms with Crippen molar-refractivity contribution in [3.63, 3.8) is 0 Å². The van der Waals surface area contributed by atoms with Gasteiger partial charge in [0.25, 0.3) is 0 Å². The lowest BCUT2D eigenvalue weighted by Gasteiger charge is -2.24. The van der Waals surface area contributed by atoms with E-state index in [0.29, 0.717) is 0 Å². The fourth-order valence-electron chi connectivity index (χ4n) is 2.15. The molecule has 0 atom stereocenters. The maximum Gasteiger partial charge on any atom is 0.0398 e. The van der Waals surface area contributed by atoms with Crippen molar-refractivity contribution in [1.29, 1.82) is 0 Å². The maximum absolute atomic E-state index is 2.45. The van der Waals surface area contributed by atoms with Crippen LogP contribution < -0.4 is 4.90 Å². The first-order chi connectivity index (χ1) is 7.72. The maximum atomic E-state index is 2.45. The third kappa shape index (κ3) is 3.26. The van der Waals surface area contributed by atoms with Crippen molar-refractivity contribution in [2.75, 3.05) is 18.0 Å². The molecule has 1 nitrogen and oxygen atoms in total. The van der Waals surface area contributed by atoms with Crippen LogP contribution in [0.2, 0.25) is 0 Å². The minimum Gasteiger partial charge on any atom is -0.372 e. The zero-order valence-corrected chi connectivity index (χ0v) is 11.2. The third-order valence-corrected chi connectivity index (χ3v) is 3.14. The molecule has 1 aromatic carbocycles. The number of anilines is 1. The first-order valence-corrected chi connectivity index (χ1v) is 6.57. The van der Waals surface area contributed by atoms with Gasteiger partial charge in [0.2, 0.25) is 0 Å². The summed E-state index contributed by atoms with van der Waals surface area (Å²) >= 11 is 0. The van der Waals surface area contributed by atoms with Gasteiger partial charge in [-0.2, -0.15) is 0 Å². The lowest BCUT2D eigenvalue weighted by atomic mass is 10.0. The van der Waals surface area contributed by atoms with E-state index in [-0.39, 0.29) is 0 Å². The van der Waals surface area contributed by atoms with E-state index in [2.05, 4.69) is 50.8 Å². The summed E-state index contributed by atoms with van der Waals surface area (Å²) in [5, 5.41) is 0. The van der Waals surface area contributed by atoms with E-state index in [1.807, 2.05) is 0 Å². The van der Waals surface area contributed by atoms with Gasteiger partial charge in [0.1, 0.15) is 0 Å². The molecule has 16 heavy (non-hydrogen) atoms. The Bertz CT molecular complexity index is 313. The van der Waals surface area contributed by atoms with E-state index in [0.717, 1.165) is 13.1 Å². The first kappa shape index (κ1) is 13.1. The van der Waals surface area contributed by atoms with Crippen LogP contribution in [0, 0.1) is 6.92 Å². The molecule has 0 fully saturated rings. The van der Waals surface area contributed by atoms with Gasteiger partial charge in [-0.25, -0.2) is 0 Å². The molecule has 0 aliphatic heterocycles. The number of unbranched alkanes of at least 4 members (excludes halogenated alkanes) is 1. The molecule has 1 aromatic rings. The summed E-state index contributed by atoms with van der Waals surface area (Å²) in [5.41, 5.74) is 4.33. The number of hydrogen-bond donors (Lipinski definition) is 0. The van der Waals surface area contributed by atoms with Gasteiger partial charge in [-0.1, -0.05) is 31.0 Å². The van der Waals surface area contributed by atoms with Crippen molar-refractivity contribution in [2.45, 2.75) is 47.0 Å². The van der Waals surface area contributed by atoms with E-state index in [1.165, 1.54) is 36.1 Å². The summed E-state index contributed by atoms with van der Waals surface area (Å²) in [5.74, 6) is 0. The SMILES string of the molecule is CCCCc1cc(C)ccc1N(CC)CC. The minimum atomic E-state index is 1.10. The third-order valence-electron chi connectivity index (χ3n) is 3.14. The lowest BCUT2D eigenvalue weighted by molar-refractivity contribution is 0.782. The van der Waals surface area contributed by atoms with Crippen molar-refractivity contribution in [3.8, 4) is 0 Å². The predicted molar refractivity (Wildman–Crippen MR) is 73.4 cm³/mol. The molecule has 0 unspecified atom stereocenters. The molecule has 0 saturated heterocycles. The number of aryl methyl sites for hydroxylation is 2. The van der Waals surface area contributed by atoms with Crippen LogP contribution in [0.1, 0.15) is 44.7 Å². The van der Waals surface area contributed by atoms with E-state index in [9.17, 15) is 0 Å². The monoisotopic (exact) mass is 219 g/mol. The van der Waals surface area contributed by atoms with Gasteiger partial charge in [-0.05, 0) is 45.2 Å². The van der Waals surface area contributed by atoms with Crippen molar-refractivity contribution >= 4 is 5.69 Å². The summed E-state index contributed by atoms with van der Waals surface area (Å²) in [6.45, 7) is 11.1. The molecule has 0 amide bonds. The number of nitrogens with zero attached hydrogens (tertiary/aromatic N) is 1. The molecule has 1 rings (SSSR count). The highest BCUT2D eigenvalue weighted by Gasteiger charge is 2.07. The van der Waals surface area contributed by atoms with Gasteiger partial charge in [0, 0.05) is 18.8 Å². The van der Waals surface area contributed by atoms with Gasteiger partial charge in [-0.15, -0.1) is 0 Å². The Morgan fingerprint density at radius 2 is 1.75 bits per heavy atom. The second-order valence-corrected chi connectivity index (χ2v) is 4.41. The molecule has 0 spiro atoms. The van der Waals surface area contributed by atoms with Gasteiger partial charge in [0.05, 0.1) is 0 Å². The van der Waals surface area contributed by atoms with Crippen molar-refractivity contribution < 1.29 is 0 Å². The smallest absolute Gasteiger partial charge is 0.0398 e. The Balaban J connectivity index is 2.96. The molecule has 0 radical (unpaired) electrons. The van der Waals surface area contributed by atoms with Crippen molar-refractivity contribution in [1.82, 2.24) is 0 Å². The van der Waals surface area contributed by atoms with Crippen molar-refractivity contribution in [3.05, 3.63) is 29.3 Å². The molecule has 90 valence electrons. The topological polar surface area (TPSA) is 3.24 Å². The molecule has 0 heterocycles. The molecule has 0 aliphatic carbocycles. The van der Waals surface area contributed by atoms with Crippen LogP contribution in [0.5, 0.6) is 0 Å². The van der Waals surface area contributed by atoms with Gasteiger partial charge in [-0.3, -0.25) is 0 Å². The molecule has 1 heteroatoms. The number of hydrogen-bond acceptors (Lipinski definition) is 1. The van der Waals surface area contributed by atoms with Gasteiger partial charge < -0.3 is 4.90 Å². The molecule has 0 aromatic heterocycles. The number of benzene rings is 1. The standard InChI is InChI=1S/C15H25N/c1-5-8-9-14-12-13(4)10-11-15(14)16(6-2)7-3/h10-12H,5-9H2,1-4H3. The number of rotatable bonds is 6. The van der Waals surface area contributed by atoms with Crippen LogP contribution in [0.15, 0.2) is 18.2 Å². The molecule has 0 bridgehead atoms. The minimum absolute atomic E-state index is 1.10. The average Bonchev–Trinajstić information content (AvgIpc) is 2.30. The molecule has 0 aliphatic rings. The first-order valence-electron chi connectivity index (χ1n) is 6.57. The fourth-order valence-corrected chi connectivity index (χ4v) is 2.15. The summed E-state index contributed by atoms with van der Waals surface area (Å²) in [6.07, 6.45) is 3.77. The Hall–Kier alpha value is -0.980. The highest BCUT2D eigenvalue weighted by Crippen LogP contribution is 2.23. The fraction of sp³-hybridized carbons (Fsp3) is 0.600. The van der Waals surface area contributed by atoms with E-state index >= 15 is 0 Å². The zero-order valence-electron chi connectivity index (χ0n) is 11.2. The van der Waals surface area contributed by atoms with E-state index in [1.54, 1.807) is 0 Å². The second kappa shape index (κ2) is 6.57. The van der Waals surface area contributed by atoms with Crippen LogP contribution in [0.25, 0.3) is 0 Å². The normalized spacial score (nSPS) is 10.5. The molecular formula is C15H25N. The zero-order chi connectivity index (χ0) is 12.0. The van der Waals surface area contributed by atoms with Crippen molar-refractivity contribution in [2.24, 2.45) is 0 Å². The average molecular weight is 219 g/mol. The molecular weight excluding hydrogens is 194 g/mol. The Morgan fingerprint density at radius 1 is 1.06 bits per heavy atom. The summed E-state index contributed by atoms with van der Waals surface area (Å²) in [4.78, 5) is 2.45.